The van der Waals surface area contributed by atoms with E-state index >= 15 is 0 Å². The Bertz CT molecular complexity index is 1040. The van der Waals surface area contributed by atoms with Gasteiger partial charge in [0.25, 0.3) is 11.8 Å². The Morgan fingerprint density at radius 1 is 1.13 bits per heavy atom. The van der Waals surface area contributed by atoms with Crippen LogP contribution in [0.2, 0.25) is 0 Å². The van der Waals surface area contributed by atoms with Gasteiger partial charge < -0.3 is 19.9 Å². The molecule has 3 N–H and O–H groups in total. The van der Waals surface area contributed by atoms with Crippen molar-refractivity contribution in [2.24, 2.45) is 0 Å². The number of imide groups is 1. The summed E-state index contributed by atoms with van der Waals surface area (Å²) in [6, 6.07) is 7.63. The van der Waals surface area contributed by atoms with Crippen molar-refractivity contribution in [1.82, 2.24) is 20.5 Å². The number of rotatable bonds is 3. The molecule has 0 bridgehead atoms. The summed E-state index contributed by atoms with van der Waals surface area (Å²) in [4.78, 5) is 42.1. The molecule has 4 rings (SSSR count). The quantitative estimate of drug-likeness (QED) is 0.675. The van der Waals surface area contributed by atoms with Crippen LogP contribution in [0, 0.1) is 0 Å². The summed E-state index contributed by atoms with van der Waals surface area (Å²) in [5.74, 6) is -0.826. The number of fused-ring (bicyclic) bond motifs is 1. The van der Waals surface area contributed by atoms with Gasteiger partial charge in [-0.15, -0.1) is 0 Å². The summed E-state index contributed by atoms with van der Waals surface area (Å²) < 4.78 is 5.43. The minimum atomic E-state index is -0.534. The molecule has 3 heterocycles. The molecule has 2 aliphatic heterocycles. The molecule has 2 aliphatic rings. The predicted molar refractivity (Wildman–Crippen MR) is 112 cm³/mol. The number of aromatic amines is 1. The molecule has 3 amide bonds. The van der Waals surface area contributed by atoms with Gasteiger partial charge in [-0.25, -0.2) is 4.79 Å². The molecule has 30 heavy (non-hydrogen) atoms. The number of carbonyl (C=O) groups is 3. The third-order valence-corrected chi connectivity index (χ3v) is 5.28. The number of nitrogens with zero attached hydrogens (tertiary/aromatic N) is 1. The molecule has 1 saturated heterocycles. The zero-order valence-corrected chi connectivity index (χ0v) is 17.4. The van der Waals surface area contributed by atoms with Gasteiger partial charge >= 0.3 is 6.09 Å². The SMILES string of the molecule is CC(C)(C)OC(=O)N1CCC(NC2=C(c3c[nH]c4ccccc34)C(=O)NC2=O)CC1. The van der Waals surface area contributed by atoms with Crippen molar-refractivity contribution in [3.63, 3.8) is 0 Å². The van der Waals surface area contributed by atoms with Crippen molar-refractivity contribution < 1.29 is 19.1 Å². The summed E-state index contributed by atoms with van der Waals surface area (Å²) in [5, 5.41) is 6.55. The van der Waals surface area contributed by atoms with E-state index in [1.807, 2.05) is 45.0 Å². The van der Waals surface area contributed by atoms with Crippen LogP contribution in [0.3, 0.4) is 0 Å². The number of ether oxygens (including phenoxy) is 1. The number of piperidine rings is 1. The number of amides is 3. The molecule has 1 aromatic carbocycles. The fourth-order valence-corrected chi connectivity index (χ4v) is 3.87. The van der Waals surface area contributed by atoms with Crippen LogP contribution < -0.4 is 10.6 Å². The molecule has 0 atom stereocenters. The molecule has 1 fully saturated rings. The molecule has 8 heteroatoms. The minimum Gasteiger partial charge on any atom is -0.444 e. The molecule has 8 nitrogen and oxygen atoms in total. The summed E-state index contributed by atoms with van der Waals surface area (Å²) >= 11 is 0. The summed E-state index contributed by atoms with van der Waals surface area (Å²) in [7, 11) is 0. The van der Waals surface area contributed by atoms with Gasteiger partial charge in [0.1, 0.15) is 11.3 Å². The zero-order chi connectivity index (χ0) is 21.5. The minimum absolute atomic E-state index is 0.0180. The Morgan fingerprint density at radius 2 is 1.83 bits per heavy atom. The highest BCUT2D eigenvalue weighted by atomic mass is 16.6. The average Bonchev–Trinajstić information content (AvgIpc) is 3.21. The van der Waals surface area contributed by atoms with Gasteiger partial charge in [0.2, 0.25) is 0 Å². The lowest BCUT2D eigenvalue weighted by Gasteiger charge is -2.34. The van der Waals surface area contributed by atoms with Gasteiger partial charge in [-0.05, 0) is 39.7 Å². The summed E-state index contributed by atoms with van der Waals surface area (Å²) in [6.07, 6.45) is 2.75. The average molecular weight is 410 g/mol. The van der Waals surface area contributed by atoms with Crippen molar-refractivity contribution >= 4 is 34.4 Å². The Hall–Kier alpha value is -3.29. The number of aromatic nitrogens is 1. The van der Waals surface area contributed by atoms with E-state index < -0.39 is 17.4 Å². The maximum absolute atomic E-state index is 12.5. The van der Waals surface area contributed by atoms with Crippen molar-refractivity contribution in [3.8, 4) is 0 Å². The second kappa shape index (κ2) is 7.51. The molecule has 1 aromatic heterocycles. The molecule has 0 aliphatic carbocycles. The monoisotopic (exact) mass is 410 g/mol. The fraction of sp³-hybridized carbons (Fsp3) is 0.409. The third kappa shape index (κ3) is 3.90. The van der Waals surface area contributed by atoms with Crippen LogP contribution in [-0.4, -0.2) is 52.5 Å². The highest BCUT2D eigenvalue weighted by molar-refractivity contribution is 6.37. The van der Waals surface area contributed by atoms with Crippen LogP contribution in [0.5, 0.6) is 0 Å². The van der Waals surface area contributed by atoms with E-state index in [0.29, 0.717) is 42.8 Å². The third-order valence-electron chi connectivity index (χ3n) is 5.28. The summed E-state index contributed by atoms with van der Waals surface area (Å²) in [6.45, 7) is 6.57. The Kier molecular flexibility index (Phi) is 5.01. The fourth-order valence-electron chi connectivity index (χ4n) is 3.87. The molecule has 158 valence electrons. The predicted octanol–water partition coefficient (Wildman–Crippen LogP) is 2.52. The lowest BCUT2D eigenvalue weighted by atomic mass is 10.0. The number of benzene rings is 1. The number of nitrogens with one attached hydrogen (secondary N) is 3. The first-order valence-electron chi connectivity index (χ1n) is 10.1. The van der Waals surface area contributed by atoms with E-state index in [2.05, 4.69) is 15.6 Å². The second-order valence-electron chi connectivity index (χ2n) is 8.67. The van der Waals surface area contributed by atoms with Gasteiger partial charge in [0.05, 0.1) is 5.57 Å². The molecule has 0 radical (unpaired) electrons. The van der Waals surface area contributed by atoms with Gasteiger partial charge in [-0.3, -0.25) is 14.9 Å². The number of para-hydroxylation sites is 1. The van der Waals surface area contributed by atoms with Gasteiger partial charge in [0.15, 0.2) is 0 Å². The van der Waals surface area contributed by atoms with E-state index in [0.717, 1.165) is 10.9 Å². The molecule has 2 aromatic rings. The van der Waals surface area contributed by atoms with Crippen LogP contribution in [0.25, 0.3) is 16.5 Å². The summed E-state index contributed by atoms with van der Waals surface area (Å²) in [5.41, 5.74) is 1.71. The number of likely N-dealkylation sites (tertiary alicyclic amines) is 1. The molecular formula is C22H26N4O4. The first-order valence-corrected chi connectivity index (χ1v) is 10.1. The molecule has 0 saturated carbocycles. The van der Waals surface area contributed by atoms with Crippen molar-refractivity contribution in [2.45, 2.75) is 45.3 Å². The number of H-pyrrole nitrogens is 1. The Labute approximate surface area is 174 Å². The van der Waals surface area contributed by atoms with Crippen LogP contribution in [0.4, 0.5) is 4.79 Å². The highest BCUT2D eigenvalue weighted by Crippen LogP contribution is 2.30. The van der Waals surface area contributed by atoms with Gasteiger partial charge in [0, 0.05) is 41.8 Å². The standard InChI is InChI=1S/C22H26N4O4/c1-22(2,3)30-21(29)26-10-8-13(9-11-26)24-18-17(19(27)25-20(18)28)15-12-23-16-7-5-4-6-14(15)16/h4-7,12-13,23H,8-11H2,1-3H3,(H2,24,25,27,28). The van der Waals surface area contributed by atoms with E-state index in [9.17, 15) is 14.4 Å². The lowest BCUT2D eigenvalue weighted by Crippen LogP contribution is -2.47. The Balaban J connectivity index is 1.51. The van der Waals surface area contributed by atoms with E-state index in [4.69, 9.17) is 4.74 Å². The van der Waals surface area contributed by atoms with Crippen LogP contribution in [0.1, 0.15) is 39.2 Å². The van der Waals surface area contributed by atoms with Crippen LogP contribution in [0.15, 0.2) is 36.2 Å². The second-order valence-corrected chi connectivity index (χ2v) is 8.67. The van der Waals surface area contributed by atoms with Crippen molar-refractivity contribution in [3.05, 3.63) is 41.7 Å². The van der Waals surface area contributed by atoms with E-state index in [1.165, 1.54) is 0 Å². The first kappa shape index (κ1) is 20.0. The topological polar surface area (TPSA) is 104 Å². The van der Waals surface area contributed by atoms with E-state index in [1.54, 1.807) is 11.1 Å². The van der Waals surface area contributed by atoms with Crippen LogP contribution >= 0.6 is 0 Å². The van der Waals surface area contributed by atoms with Crippen LogP contribution in [-0.2, 0) is 14.3 Å². The first-order chi connectivity index (χ1) is 14.2. The Morgan fingerprint density at radius 3 is 2.53 bits per heavy atom. The maximum atomic E-state index is 12.5. The van der Waals surface area contributed by atoms with Crippen molar-refractivity contribution in [2.75, 3.05) is 13.1 Å². The zero-order valence-electron chi connectivity index (χ0n) is 17.4. The van der Waals surface area contributed by atoms with Gasteiger partial charge in [-0.1, -0.05) is 18.2 Å². The van der Waals surface area contributed by atoms with Crippen molar-refractivity contribution in [1.29, 1.82) is 0 Å². The number of carbonyl (C=O) groups excluding carboxylic acids is 3. The number of hydrogen-bond donors (Lipinski definition) is 3. The van der Waals surface area contributed by atoms with E-state index in [-0.39, 0.29) is 12.1 Å². The maximum Gasteiger partial charge on any atom is 0.410 e. The normalized spacial score (nSPS) is 18.2. The smallest absolute Gasteiger partial charge is 0.410 e. The molecule has 0 spiro atoms. The number of hydrogen-bond acceptors (Lipinski definition) is 5. The molecular weight excluding hydrogens is 384 g/mol. The molecule has 0 unspecified atom stereocenters. The van der Waals surface area contributed by atoms with Gasteiger partial charge in [-0.2, -0.15) is 0 Å². The highest BCUT2D eigenvalue weighted by Gasteiger charge is 2.35. The largest absolute Gasteiger partial charge is 0.444 e. The lowest BCUT2D eigenvalue weighted by molar-refractivity contribution is -0.123.